The molecule has 0 rings (SSSR count). The SMILES string of the molecule is C=C\C=C/C(=C\C=C/C)OCC(N)COC(/C=C\C)=C/C.CC. The average Bonchev–Trinajstić information content (AvgIpc) is 2.59. The van der Waals surface area contributed by atoms with Gasteiger partial charge in [-0.3, -0.25) is 0 Å². The smallest absolute Gasteiger partial charge is 0.119 e. The van der Waals surface area contributed by atoms with Crippen molar-refractivity contribution >= 4 is 0 Å². The molecular weight excluding hydrogens is 286 g/mol. The van der Waals surface area contributed by atoms with Crippen LogP contribution in [0.2, 0.25) is 0 Å². The van der Waals surface area contributed by atoms with Gasteiger partial charge in [-0.2, -0.15) is 0 Å². The van der Waals surface area contributed by atoms with E-state index in [4.69, 9.17) is 15.2 Å². The molecule has 0 aromatic rings. The van der Waals surface area contributed by atoms with Gasteiger partial charge in [-0.05, 0) is 45.1 Å². The summed E-state index contributed by atoms with van der Waals surface area (Å²) in [6.07, 6.45) is 16.8. The third-order valence-electron chi connectivity index (χ3n) is 2.39. The second-order valence-corrected chi connectivity index (χ2v) is 4.26. The van der Waals surface area contributed by atoms with E-state index in [0.717, 1.165) is 11.5 Å². The predicted octanol–water partition coefficient (Wildman–Crippen LogP) is 5.06. The van der Waals surface area contributed by atoms with E-state index in [1.165, 1.54) is 0 Å². The van der Waals surface area contributed by atoms with E-state index in [1.807, 2.05) is 83.2 Å². The molecule has 1 atom stereocenters. The molecule has 0 heterocycles. The van der Waals surface area contributed by atoms with Crippen molar-refractivity contribution in [2.75, 3.05) is 13.2 Å². The van der Waals surface area contributed by atoms with Gasteiger partial charge in [0.05, 0.1) is 6.04 Å². The van der Waals surface area contributed by atoms with Gasteiger partial charge >= 0.3 is 0 Å². The summed E-state index contributed by atoms with van der Waals surface area (Å²) in [5, 5.41) is 0. The fraction of sp³-hybridized carbons (Fsp3) is 0.400. The zero-order valence-corrected chi connectivity index (χ0v) is 15.3. The van der Waals surface area contributed by atoms with Crippen LogP contribution in [0.25, 0.3) is 0 Å². The van der Waals surface area contributed by atoms with Gasteiger partial charge in [0.1, 0.15) is 24.7 Å². The van der Waals surface area contributed by atoms with Crippen LogP contribution in [0, 0.1) is 0 Å². The summed E-state index contributed by atoms with van der Waals surface area (Å²) in [5.74, 6) is 1.55. The van der Waals surface area contributed by atoms with Crippen LogP contribution < -0.4 is 5.73 Å². The van der Waals surface area contributed by atoms with Crippen molar-refractivity contribution in [3.8, 4) is 0 Å². The molecule has 0 aromatic heterocycles. The summed E-state index contributed by atoms with van der Waals surface area (Å²) in [5.41, 5.74) is 5.99. The number of allylic oxidation sites excluding steroid dienone is 9. The second kappa shape index (κ2) is 18.1. The van der Waals surface area contributed by atoms with Gasteiger partial charge in [0.2, 0.25) is 0 Å². The van der Waals surface area contributed by atoms with E-state index < -0.39 is 0 Å². The van der Waals surface area contributed by atoms with Crippen molar-refractivity contribution < 1.29 is 9.47 Å². The summed E-state index contributed by atoms with van der Waals surface area (Å²) < 4.78 is 11.3. The van der Waals surface area contributed by atoms with E-state index in [2.05, 4.69) is 6.58 Å². The molecule has 3 heteroatoms. The Morgan fingerprint density at radius 3 is 2.04 bits per heavy atom. The van der Waals surface area contributed by atoms with Crippen LogP contribution in [0.4, 0.5) is 0 Å². The molecule has 0 bridgehead atoms. The minimum absolute atomic E-state index is 0.198. The molecule has 0 fully saturated rings. The summed E-state index contributed by atoms with van der Waals surface area (Å²) in [7, 11) is 0. The van der Waals surface area contributed by atoms with Crippen molar-refractivity contribution in [1.82, 2.24) is 0 Å². The third-order valence-corrected chi connectivity index (χ3v) is 2.39. The number of ether oxygens (including phenoxy) is 2. The van der Waals surface area contributed by atoms with Crippen molar-refractivity contribution in [2.24, 2.45) is 5.73 Å². The van der Waals surface area contributed by atoms with Crippen LogP contribution in [0.5, 0.6) is 0 Å². The first kappa shape index (κ1) is 23.3. The van der Waals surface area contributed by atoms with Gasteiger partial charge in [0.25, 0.3) is 0 Å². The normalized spacial score (nSPS) is 14.0. The molecular formula is C20H33NO2. The third kappa shape index (κ3) is 14.7. The van der Waals surface area contributed by atoms with Gasteiger partial charge in [-0.15, -0.1) is 0 Å². The molecule has 0 aromatic carbocycles. The topological polar surface area (TPSA) is 44.5 Å². The van der Waals surface area contributed by atoms with Crippen molar-refractivity contribution in [2.45, 2.75) is 40.7 Å². The van der Waals surface area contributed by atoms with Crippen LogP contribution in [0.15, 0.2) is 72.8 Å². The second-order valence-electron chi connectivity index (χ2n) is 4.26. The Labute approximate surface area is 142 Å². The standard InChI is InChI=1S/C18H27NO2.C2H6/c1-5-9-12-18(13-10-6-2)21-15-16(19)14-20-17(8-4)11-7-3;1-2/h5-13,16H,1,14-15,19H2,2-4H3;1-2H3/b10-6-,11-7-,12-9-,17-8+,18-13+;. The summed E-state index contributed by atoms with van der Waals surface area (Å²) in [6.45, 7) is 14.3. The maximum absolute atomic E-state index is 5.99. The van der Waals surface area contributed by atoms with Gasteiger partial charge in [-0.25, -0.2) is 0 Å². The summed E-state index contributed by atoms with van der Waals surface area (Å²) in [4.78, 5) is 0. The molecule has 130 valence electrons. The Hall–Kier alpha value is -2.00. The number of hydrogen-bond acceptors (Lipinski definition) is 3. The maximum Gasteiger partial charge on any atom is 0.119 e. The molecule has 0 saturated carbocycles. The minimum Gasteiger partial charge on any atom is -0.492 e. The lowest BCUT2D eigenvalue weighted by molar-refractivity contribution is 0.141. The highest BCUT2D eigenvalue weighted by Gasteiger charge is 2.05. The molecule has 2 N–H and O–H groups in total. The monoisotopic (exact) mass is 319 g/mol. The summed E-state index contributed by atoms with van der Waals surface area (Å²) in [6, 6.07) is -0.198. The first-order valence-electron chi connectivity index (χ1n) is 8.10. The minimum atomic E-state index is -0.198. The molecule has 0 saturated heterocycles. The molecule has 0 radical (unpaired) electrons. The molecule has 0 spiro atoms. The number of hydrogen-bond donors (Lipinski definition) is 1. The van der Waals surface area contributed by atoms with Gasteiger partial charge < -0.3 is 15.2 Å². The Bertz CT molecular complexity index is 429. The van der Waals surface area contributed by atoms with Crippen LogP contribution in [0.1, 0.15) is 34.6 Å². The highest BCUT2D eigenvalue weighted by molar-refractivity contribution is 5.20. The molecule has 0 aliphatic carbocycles. The fourth-order valence-electron chi connectivity index (χ4n) is 1.35. The zero-order valence-electron chi connectivity index (χ0n) is 15.3. The van der Waals surface area contributed by atoms with Crippen LogP contribution in [-0.4, -0.2) is 19.3 Å². The predicted molar refractivity (Wildman–Crippen MR) is 102 cm³/mol. The average molecular weight is 319 g/mol. The largest absolute Gasteiger partial charge is 0.492 e. The molecule has 1 unspecified atom stereocenters. The van der Waals surface area contributed by atoms with Gasteiger partial charge in [0, 0.05) is 0 Å². The lowest BCUT2D eigenvalue weighted by atomic mass is 10.3. The Morgan fingerprint density at radius 1 is 0.957 bits per heavy atom. The van der Waals surface area contributed by atoms with E-state index in [1.54, 1.807) is 6.08 Å². The van der Waals surface area contributed by atoms with Gasteiger partial charge in [-0.1, -0.05) is 50.8 Å². The van der Waals surface area contributed by atoms with E-state index in [0.29, 0.717) is 13.2 Å². The van der Waals surface area contributed by atoms with Crippen molar-refractivity contribution in [3.05, 3.63) is 72.8 Å². The molecule has 0 aliphatic heterocycles. The lowest BCUT2D eigenvalue weighted by Gasteiger charge is -2.15. The fourth-order valence-corrected chi connectivity index (χ4v) is 1.35. The van der Waals surface area contributed by atoms with Crippen LogP contribution in [-0.2, 0) is 9.47 Å². The highest BCUT2D eigenvalue weighted by atomic mass is 16.5. The Morgan fingerprint density at radius 2 is 1.57 bits per heavy atom. The zero-order chi connectivity index (χ0) is 17.9. The highest BCUT2D eigenvalue weighted by Crippen LogP contribution is 2.04. The quantitative estimate of drug-likeness (QED) is 0.452. The molecule has 0 aliphatic rings. The van der Waals surface area contributed by atoms with E-state index >= 15 is 0 Å². The molecule has 23 heavy (non-hydrogen) atoms. The van der Waals surface area contributed by atoms with Crippen molar-refractivity contribution in [1.29, 1.82) is 0 Å². The summed E-state index contributed by atoms with van der Waals surface area (Å²) >= 11 is 0. The number of rotatable bonds is 10. The van der Waals surface area contributed by atoms with Crippen molar-refractivity contribution in [3.63, 3.8) is 0 Å². The van der Waals surface area contributed by atoms with E-state index in [9.17, 15) is 0 Å². The maximum atomic E-state index is 5.99. The van der Waals surface area contributed by atoms with Gasteiger partial charge in [0.15, 0.2) is 0 Å². The number of nitrogens with two attached hydrogens (primary N) is 1. The first-order valence-corrected chi connectivity index (χ1v) is 8.10. The van der Waals surface area contributed by atoms with Crippen LogP contribution >= 0.6 is 0 Å². The molecule has 3 nitrogen and oxygen atoms in total. The van der Waals surface area contributed by atoms with E-state index in [-0.39, 0.29) is 6.04 Å². The first-order chi connectivity index (χ1) is 11.2. The Balaban J connectivity index is 0. The van der Waals surface area contributed by atoms with Crippen LogP contribution in [0.3, 0.4) is 0 Å². The molecule has 0 amide bonds. The Kier molecular flexibility index (Phi) is 18.3. The lowest BCUT2D eigenvalue weighted by Crippen LogP contribution is -2.31.